The van der Waals surface area contributed by atoms with Gasteiger partial charge >= 0.3 is 0 Å². The van der Waals surface area contributed by atoms with Gasteiger partial charge in [-0.1, -0.05) is 23.7 Å². The van der Waals surface area contributed by atoms with E-state index in [1.807, 2.05) is 38.1 Å². The van der Waals surface area contributed by atoms with Gasteiger partial charge < -0.3 is 5.11 Å². The van der Waals surface area contributed by atoms with E-state index in [0.717, 1.165) is 26.2 Å². The van der Waals surface area contributed by atoms with Crippen LogP contribution in [0.25, 0.3) is 10.6 Å². The third kappa shape index (κ3) is 2.69. The van der Waals surface area contributed by atoms with Crippen LogP contribution in [0.15, 0.2) is 24.3 Å². The van der Waals surface area contributed by atoms with Crippen molar-refractivity contribution < 1.29 is 5.11 Å². The van der Waals surface area contributed by atoms with Crippen molar-refractivity contribution in [3.05, 3.63) is 39.9 Å². The number of hydrogen-bond acceptors (Lipinski definition) is 3. The van der Waals surface area contributed by atoms with Gasteiger partial charge in [0.05, 0.1) is 16.2 Å². The predicted octanol–water partition coefficient (Wildman–Crippen LogP) is 4.57. The summed E-state index contributed by atoms with van der Waals surface area (Å²) in [6.07, 6.45) is 2.37. The van der Waals surface area contributed by atoms with Crippen LogP contribution in [0.2, 0.25) is 5.02 Å². The van der Waals surface area contributed by atoms with Crippen LogP contribution < -0.4 is 0 Å². The number of thiazole rings is 1. The van der Waals surface area contributed by atoms with Crippen LogP contribution in [-0.4, -0.2) is 10.1 Å². The van der Waals surface area contributed by atoms with Crippen LogP contribution in [0.1, 0.15) is 43.2 Å². The first-order valence-electron chi connectivity index (χ1n) is 6.44. The molecule has 1 aliphatic rings. The maximum atomic E-state index is 10.3. The lowest BCUT2D eigenvalue weighted by Gasteiger charge is -2.16. The molecule has 1 saturated carbocycles. The third-order valence-electron chi connectivity index (χ3n) is 3.26. The van der Waals surface area contributed by atoms with Gasteiger partial charge in [-0.25, -0.2) is 4.98 Å². The number of benzene rings is 1. The summed E-state index contributed by atoms with van der Waals surface area (Å²) in [6, 6.07) is 7.70. The summed E-state index contributed by atoms with van der Waals surface area (Å²) < 4.78 is 0. The Hall–Kier alpha value is -0.900. The van der Waals surface area contributed by atoms with Crippen LogP contribution in [-0.2, 0) is 5.60 Å². The van der Waals surface area contributed by atoms with Crippen LogP contribution in [0, 0.1) is 0 Å². The van der Waals surface area contributed by atoms with Gasteiger partial charge in [0, 0.05) is 16.5 Å². The topological polar surface area (TPSA) is 33.1 Å². The maximum Gasteiger partial charge on any atom is 0.123 e. The molecule has 100 valence electrons. The van der Waals surface area contributed by atoms with Crippen molar-refractivity contribution in [3.8, 4) is 10.6 Å². The minimum absolute atomic E-state index is 0.540. The number of halogens is 1. The largest absolute Gasteiger partial charge is 0.385 e. The Morgan fingerprint density at radius 2 is 1.89 bits per heavy atom. The fourth-order valence-electron chi connectivity index (χ4n) is 2.12. The van der Waals surface area contributed by atoms with Gasteiger partial charge in [0.2, 0.25) is 0 Å². The molecular weight excluding hydrogens is 278 g/mol. The first-order chi connectivity index (χ1) is 8.95. The lowest BCUT2D eigenvalue weighted by molar-refractivity contribution is 0.0813. The van der Waals surface area contributed by atoms with E-state index in [1.54, 1.807) is 11.3 Å². The highest BCUT2D eigenvalue weighted by molar-refractivity contribution is 7.15. The lowest BCUT2D eigenvalue weighted by atomic mass is 10.0. The second kappa shape index (κ2) is 4.58. The van der Waals surface area contributed by atoms with Gasteiger partial charge in [-0.05, 0) is 38.8 Å². The van der Waals surface area contributed by atoms with Crippen molar-refractivity contribution in [2.24, 2.45) is 0 Å². The lowest BCUT2D eigenvalue weighted by Crippen LogP contribution is -2.15. The Bertz CT molecular complexity index is 594. The van der Waals surface area contributed by atoms with Crippen molar-refractivity contribution in [2.45, 2.75) is 38.2 Å². The van der Waals surface area contributed by atoms with Crippen molar-refractivity contribution in [1.29, 1.82) is 0 Å². The van der Waals surface area contributed by atoms with Gasteiger partial charge in [0.1, 0.15) is 5.01 Å². The minimum atomic E-state index is -0.819. The van der Waals surface area contributed by atoms with Crippen LogP contribution in [0.3, 0.4) is 0 Å². The molecule has 1 heterocycles. The maximum absolute atomic E-state index is 10.3. The average molecular weight is 294 g/mol. The number of nitrogens with zero attached hydrogens (tertiary/aromatic N) is 1. The molecule has 0 saturated heterocycles. The molecular formula is C15H16ClNOS. The summed E-state index contributed by atoms with van der Waals surface area (Å²) in [7, 11) is 0. The molecule has 0 atom stereocenters. The molecule has 1 aromatic heterocycles. The fourth-order valence-corrected chi connectivity index (χ4v) is 3.40. The predicted molar refractivity (Wildman–Crippen MR) is 79.8 cm³/mol. The van der Waals surface area contributed by atoms with E-state index in [4.69, 9.17) is 16.6 Å². The molecule has 1 aliphatic carbocycles. The molecule has 1 N–H and O–H groups in total. The summed E-state index contributed by atoms with van der Waals surface area (Å²) in [5.74, 6) is 0.540. The number of rotatable bonds is 3. The Kier molecular flexibility index (Phi) is 3.16. The highest BCUT2D eigenvalue weighted by Gasteiger charge is 2.34. The molecule has 1 aromatic carbocycles. The van der Waals surface area contributed by atoms with Crippen LogP contribution in [0.5, 0.6) is 0 Å². The van der Waals surface area contributed by atoms with E-state index >= 15 is 0 Å². The molecule has 0 radical (unpaired) electrons. The zero-order valence-corrected chi connectivity index (χ0v) is 12.6. The summed E-state index contributed by atoms with van der Waals surface area (Å²) >= 11 is 7.50. The zero-order valence-electron chi connectivity index (χ0n) is 11.0. The SMILES string of the molecule is CC(C)(O)c1sc(-c2ccc(Cl)cc2)nc1C1CC1. The average Bonchev–Trinajstić information content (AvgIpc) is 3.08. The molecule has 1 fully saturated rings. The van der Waals surface area contributed by atoms with Crippen molar-refractivity contribution in [3.63, 3.8) is 0 Å². The molecule has 0 aliphatic heterocycles. The summed E-state index contributed by atoms with van der Waals surface area (Å²) in [4.78, 5) is 5.75. The van der Waals surface area contributed by atoms with Gasteiger partial charge in [-0.15, -0.1) is 11.3 Å². The summed E-state index contributed by atoms with van der Waals surface area (Å²) in [5.41, 5.74) is 1.33. The molecule has 0 amide bonds. The second-order valence-corrected chi connectivity index (χ2v) is 7.01. The number of hydrogen-bond donors (Lipinski definition) is 1. The van der Waals surface area contributed by atoms with Gasteiger partial charge in [-0.2, -0.15) is 0 Å². The van der Waals surface area contributed by atoms with Gasteiger partial charge in [0.15, 0.2) is 0 Å². The molecule has 19 heavy (non-hydrogen) atoms. The van der Waals surface area contributed by atoms with Crippen molar-refractivity contribution in [2.75, 3.05) is 0 Å². The molecule has 0 bridgehead atoms. The van der Waals surface area contributed by atoms with E-state index < -0.39 is 5.60 Å². The van der Waals surface area contributed by atoms with Gasteiger partial charge in [0.25, 0.3) is 0 Å². The summed E-state index contributed by atoms with van der Waals surface area (Å²) in [5, 5.41) is 12.0. The highest BCUT2D eigenvalue weighted by atomic mass is 35.5. The molecule has 0 unspecified atom stereocenters. The summed E-state index contributed by atoms with van der Waals surface area (Å²) in [6.45, 7) is 3.66. The molecule has 3 rings (SSSR count). The quantitative estimate of drug-likeness (QED) is 0.899. The molecule has 2 aromatic rings. The third-order valence-corrected chi connectivity index (χ3v) is 4.95. The van der Waals surface area contributed by atoms with E-state index in [2.05, 4.69) is 0 Å². The zero-order chi connectivity index (χ0) is 13.6. The van der Waals surface area contributed by atoms with E-state index in [1.165, 1.54) is 12.8 Å². The molecule has 0 spiro atoms. The van der Waals surface area contributed by atoms with E-state index in [-0.39, 0.29) is 0 Å². The number of aromatic nitrogens is 1. The Balaban J connectivity index is 2.05. The first kappa shape index (κ1) is 13.1. The molecule has 2 nitrogen and oxygen atoms in total. The second-order valence-electron chi connectivity index (χ2n) is 5.57. The Labute approximate surface area is 122 Å². The molecule has 4 heteroatoms. The fraction of sp³-hybridized carbons (Fsp3) is 0.400. The first-order valence-corrected chi connectivity index (χ1v) is 7.64. The standard InChI is InChI=1S/C15H16ClNOS/c1-15(2,18)13-12(9-3-4-9)17-14(19-13)10-5-7-11(16)8-6-10/h5-9,18H,3-4H2,1-2H3. The monoisotopic (exact) mass is 293 g/mol. The van der Waals surface area contributed by atoms with Crippen molar-refractivity contribution in [1.82, 2.24) is 4.98 Å². The van der Waals surface area contributed by atoms with Crippen LogP contribution in [0.4, 0.5) is 0 Å². The Morgan fingerprint density at radius 1 is 1.26 bits per heavy atom. The number of aliphatic hydroxyl groups is 1. The van der Waals surface area contributed by atoms with Gasteiger partial charge in [-0.3, -0.25) is 0 Å². The normalized spacial score (nSPS) is 15.8. The smallest absolute Gasteiger partial charge is 0.123 e. The van der Waals surface area contributed by atoms with Crippen molar-refractivity contribution >= 4 is 22.9 Å². The van der Waals surface area contributed by atoms with Crippen LogP contribution >= 0.6 is 22.9 Å². The van der Waals surface area contributed by atoms with E-state index in [0.29, 0.717) is 5.92 Å². The minimum Gasteiger partial charge on any atom is -0.385 e. The van der Waals surface area contributed by atoms with E-state index in [9.17, 15) is 5.11 Å². The Morgan fingerprint density at radius 3 is 2.42 bits per heavy atom. The highest BCUT2D eigenvalue weighted by Crippen LogP contribution is 2.47.